The summed E-state index contributed by atoms with van der Waals surface area (Å²) in [5.41, 5.74) is 2.63. The van der Waals surface area contributed by atoms with Gasteiger partial charge in [0.2, 0.25) is 0 Å². The molecule has 1 N–H and O–H groups in total. The van der Waals surface area contributed by atoms with E-state index in [0.717, 1.165) is 47.9 Å². The summed E-state index contributed by atoms with van der Waals surface area (Å²) in [6.45, 7) is 9.00. The summed E-state index contributed by atoms with van der Waals surface area (Å²) in [7, 11) is 1.72. The molecule has 0 radical (unpaired) electrons. The van der Waals surface area contributed by atoms with Crippen molar-refractivity contribution in [2.45, 2.75) is 26.3 Å². The molecule has 142 valence electrons. The van der Waals surface area contributed by atoms with Crippen LogP contribution in [0.5, 0.6) is 11.5 Å². The normalized spacial score (nSPS) is 16.6. The molecule has 0 saturated heterocycles. The number of rotatable bonds is 8. The van der Waals surface area contributed by atoms with Crippen LogP contribution in [0.4, 0.5) is 0 Å². The van der Waals surface area contributed by atoms with Gasteiger partial charge in [0.1, 0.15) is 6.61 Å². The third-order valence-electron chi connectivity index (χ3n) is 4.92. The highest BCUT2D eigenvalue weighted by Gasteiger charge is 2.25. The average Bonchev–Trinajstić information content (AvgIpc) is 3.10. The number of benzene rings is 1. The zero-order valence-corrected chi connectivity index (χ0v) is 18.1. The van der Waals surface area contributed by atoms with Crippen molar-refractivity contribution in [1.82, 2.24) is 10.2 Å². The van der Waals surface area contributed by atoms with E-state index in [0.29, 0.717) is 6.61 Å². The van der Waals surface area contributed by atoms with Gasteiger partial charge in [-0.2, -0.15) is 0 Å². The number of halogens is 1. The Balaban J connectivity index is 1.84. The third-order valence-corrected chi connectivity index (χ3v) is 6.61. The molecule has 1 aromatic carbocycles. The highest BCUT2D eigenvalue weighted by Crippen LogP contribution is 2.39. The molecule has 1 aliphatic rings. The van der Waals surface area contributed by atoms with Gasteiger partial charge in [-0.15, -0.1) is 11.3 Å². The smallest absolute Gasteiger partial charge is 0.161 e. The van der Waals surface area contributed by atoms with Crippen molar-refractivity contribution in [3.63, 3.8) is 0 Å². The first-order valence-corrected chi connectivity index (χ1v) is 10.8. The van der Waals surface area contributed by atoms with Crippen LogP contribution in [0.2, 0.25) is 0 Å². The van der Waals surface area contributed by atoms with E-state index in [9.17, 15) is 0 Å². The van der Waals surface area contributed by atoms with Gasteiger partial charge in [0, 0.05) is 18.0 Å². The van der Waals surface area contributed by atoms with Gasteiger partial charge in [-0.25, -0.2) is 0 Å². The Labute approximate surface area is 168 Å². The number of nitrogens with one attached hydrogen (secondary N) is 1. The average molecular weight is 439 g/mol. The molecular formula is C20H27BrN2O2S. The van der Waals surface area contributed by atoms with Crippen LogP contribution in [0.1, 0.15) is 35.9 Å². The number of nitrogens with zero attached hydrogens (tertiary/aromatic N) is 1. The zero-order chi connectivity index (χ0) is 18.5. The molecule has 0 saturated carbocycles. The summed E-state index contributed by atoms with van der Waals surface area (Å²) in [4.78, 5) is 3.68. The lowest BCUT2D eigenvalue weighted by molar-refractivity contribution is 0.217. The van der Waals surface area contributed by atoms with Crippen molar-refractivity contribution in [2.24, 2.45) is 0 Å². The van der Waals surface area contributed by atoms with Crippen LogP contribution in [0.15, 0.2) is 28.1 Å². The SMILES string of the molecule is CCN(CC)CCOc1cc2c(cc1OC)CCNC2c1ccc(Br)s1. The second-order valence-electron chi connectivity index (χ2n) is 6.36. The molecule has 1 atom stereocenters. The molecule has 2 aromatic rings. The van der Waals surface area contributed by atoms with E-state index in [4.69, 9.17) is 9.47 Å². The van der Waals surface area contributed by atoms with Gasteiger partial charge in [0.25, 0.3) is 0 Å². The van der Waals surface area contributed by atoms with Crippen LogP contribution in [-0.4, -0.2) is 44.8 Å². The Kier molecular flexibility index (Phi) is 6.98. The summed E-state index contributed by atoms with van der Waals surface area (Å²) in [6.07, 6.45) is 1.01. The summed E-state index contributed by atoms with van der Waals surface area (Å²) < 4.78 is 12.9. The number of methoxy groups -OCH3 is 1. The molecule has 1 unspecified atom stereocenters. The molecule has 4 nitrogen and oxygen atoms in total. The van der Waals surface area contributed by atoms with E-state index >= 15 is 0 Å². The maximum atomic E-state index is 6.12. The van der Waals surface area contributed by atoms with E-state index in [1.165, 1.54) is 16.0 Å². The molecule has 0 fully saturated rings. The zero-order valence-electron chi connectivity index (χ0n) is 15.7. The highest BCUT2D eigenvalue weighted by atomic mass is 79.9. The Morgan fingerprint density at radius 1 is 1.23 bits per heavy atom. The predicted molar refractivity (Wildman–Crippen MR) is 112 cm³/mol. The highest BCUT2D eigenvalue weighted by molar-refractivity contribution is 9.11. The minimum atomic E-state index is 0.214. The number of hydrogen-bond acceptors (Lipinski definition) is 5. The van der Waals surface area contributed by atoms with Gasteiger partial charge in [0.15, 0.2) is 11.5 Å². The molecule has 0 amide bonds. The number of ether oxygens (including phenoxy) is 2. The quantitative estimate of drug-likeness (QED) is 0.658. The molecule has 1 aliphatic heterocycles. The molecular weight excluding hydrogens is 412 g/mol. The Morgan fingerprint density at radius 2 is 2.04 bits per heavy atom. The predicted octanol–water partition coefficient (Wildman–Crippen LogP) is 4.47. The first kappa shape index (κ1) is 19.7. The Bertz CT molecular complexity index is 731. The molecule has 0 spiro atoms. The van der Waals surface area contributed by atoms with E-state index in [1.807, 2.05) is 0 Å². The fraction of sp³-hybridized carbons (Fsp3) is 0.500. The van der Waals surface area contributed by atoms with Crippen LogP contribution in [0, 0.1) is 0 Å². The third kappa shape index (κ3) is 4.42. The van der Waals surface area contributed by atoms with Crippen molar-refractivity contribution >= 4 is 27.3 Å². The maximum absolute atomic E-state index is 6.12. The van der Waals surface area contributed by atoms with E-state index in [-0.39, 0.29) is 6.04 Å². The number of fused-ring (bicyclic) bond motifs is 1. The lowest BCUT2D eigenvalue weighted by atomic mass is 9.92. The molecule has 26 heavy (non-hydrogen) atoms. The van der Waals surface area contributed by atoms with E-state index < -0.39 is 0 Å². The van der Waals surface area contributed by atoms with Crippen molar-refractivity contribution in [1.29, 1.82) is 0 Å². The summed E-state index contributed by atoms with van der Waals surface area (Å²) >= 11 is 5.36. The second-order valence-corrected chi connectivity index (χ2v) is 8.85. The second kappa shape index (κ2) is 9.22. The van der Waals surface area contributed by atoms with Gasteiger partial charge in [-0.05, 0) is 70.8 Å². The van der Waals surface area contributed by atoms with Crippen LogP contribution in [0.3, 0.4) is 0 Å². The fourth-order valence-electron chi connectivity index (χ4n) is 3.40. The van der Waals surface area contributed by atoms with Crippen LogP contribution in [-0.2, 0) is 6.42 Å². The van der Waals surface area contributed by atoms with Gasteiger partial charge in [-0.3, -0.25) is 0 Å². The van der Waals surface area contributed by atoms with Gasteiger partial charge in [-0.1, -0.05) is 13.8 Å². The molecule has 1 aromatic heterocycles. The Hall–Kier alpha value is -1.08. The van der Waals surface area contributed by atoms with Gasteiger partial charge in [0.05, 0.1) is 16.9 Å². The summed E-state index contributed by atoms with van der Waals surface area (Å²) in [5.74, 6) is 1.67. The maximum Gasteiger partial charge on any atom is 0.161 e. The molecule has 6 heteroatoms. The number of hydrogen-bond donors (Lipinski definition) is 1. The van der Waals surface area contributed by atoms with Crippen LogP contribution < -0.4 is 14.8 Å². The van der Waals surface area contributed by atoms with Gasteiger partial charge >= 0.3 is 0 Å². The minimum absolute atomic E-state index is 0.214. The monoisotopic (exact) mass is 438 g/mol. The van der Waals surface area contributed by atoms with Crippen LogP contribution in [0.25, 0.3) is 0 Å². The van der Waals surface area contributed by atoms with Crippen molar-refractivity contribution in [2.75, 3.05) is 39.9 Å². The number of likely N-dealkylation sites (N-methyl/N-ethyl adjacent to an activating group) is 1. The molecule has 2 heterocycles. The lowest BCUT2D eigenvalue weighted by Crippen LogP contribution is -2.30. The van der Waals surface area contributed by atoms with Crippen molar-refractivity contribution in [3.8, 4) is 11.5 Å². The molecule has 3 rings (SSSR count). The first-order chi connectivity index (χ1) is 12.7. The largest absolute Gasteiger partial charge is 0.493 e. The summed E-state index contributed by atoms with van der Waals surface area (Å²) in [6, 6.07) is 8.83. The van der Waals surface area contributed by atoms with E-state index in [2.05, 4.69) is 64.3 Å². The lowest BCUT2D eigenvalue weighted by Gasteiger charge is -2.28. The first-order valence-electron chi connectivity index (χ1n) is 9.20. The topological polar surface area (TPSA) is 33.7 Å². The van der Waals surface area contributed by atoms with Crippen molar-refractivity contribution in [3.05, 3.63) is 44.1 Å². The van der Waals surface area contributed by atoms with Crippen molar-refractivity contribution < 1.29 is 9.47 Å². The van der Waals surface area contributed by atoms with Gasteiger partial charge < -0.3 is 19.7 Å². The standard InChI is InChI=1S/C20H27BrN2O2S/c1-4-23(5-2)10-11-25-17-13-15-14(12-16(17)24-3)8-9-22-20(15)18-6-7-19(21)26-18/h6-7,12-13,20,22H,4-5,8-11H2,1-3H3. The Morgan fingerprint density at radius 3 is 2.69 bits per heavy atom. The van der Waals surface area contributed by atoms with Crippen LogP contribution >= 0.6 is 27.3 Å². The number of thiophene rings is 1. The fourth-order valence-corrected chi connectivity index (χ4v) is 4.92. The molecule has 0 bridgehead atoms. The molecule has 0 aliphatic carbocycles. The summed E-state index contributed by atoms with van der Waals surface area (Å²) in [5, 5.41) is 3.65. The van der Waals surface area contributed by atoms with E-state index in [1.54, 1.807) is 18.4 Å². The minimum Gasteiger partial charge on any atom is -0.493 e.